The summed E-state index contributed by atoms with van der Waals surface area (Å²) < 4.78 is 45.1. The molecule has 0 saturated heterocycles. The Hall–Kier alpha value is -4.04. The lowest BCUT2D eigenvalue weighted by molar-refractivity contribution is 0.0426. The van der Waals surface area contributed by atoms with Crippen LogP contribution in [-0.4, -0.2) is 25.7 Å². The van der Waals surface area contributed by atoms with Crippen molar-refractivity contribution >= 4 is 21.8 Å². The van der Waals surface area contributed by atoms with Gasteiger partial charge in [0.25, 0.3) is 11.8 Å². The number of halogens is 4. The fraction of sp³-hybridized carbons (Fsp3) is 0.125. The second kappa shape index (κ2) is 9.68. The molecule has 0 aliphatic heterocycles. The molecule has 7 nitrogen and oxygen atoms in total. The second-order valence-electron chi connectivity index (χ2n) is 7.55. The lowest BCUT2D eigenvalue weighted by Crippen LogP contribution is -2.29. The van der Waals surface area contributed by atoms with E-state index in [0.717, 1.165) is 30.3 Å². The molecule has 1 atom stereocenters. The molecule has 0 fully saturated rings. The average molecular weight is 541 g/mol. The summed E-state index contributed by atoms with van der Waals surface area (Å²) in [5.41, 5.74) is -0.466. The number of amides is 1. The van der Waals surface area contributed by atoms with Crippen molar-refractivity contribution in [3.8, 4) is 11.9 Å². The maximum atomic E-state index is 15.1. The minimum Gasteiger partial charge on any atom is -0.342 e. The molecule has 0 spiro atoms. The number of nitrogens with zero attached hydrogens (tertiary/aromatic N) is 5. The van der Waals surface area contributed by atoms with Gasteiger partial charge in [0.05, 0.1) is 11.6 Å². The number of hydrogen-bond acceptors (Lipinski definition) is 5. The molecule has 11 heteroatoms. The maximum Gasteiger partial charge on any atom is 0.298 e. The molecule has 0 bridgehead atoms. The number of hydrogen-bond donors (Lipinski definition) is 1. The van der Waals surface area contributed by atoms with Crippen molar-refractivity contribution in [1.82, 2.24) is 25.1 Å². The lowest BCUT2D eigenvalue weighted by atomic mass is 9.98. The average Bonchev–Trinajstić information content (AvgIpc) is 3.34. The summed E-state index contributed by atoms with van der Waals surface area (Å²) in [6, 6.07) is 12.1. The Labute approximate surface area is 206 Å². The number of carbonyl (C=O) groups excluding carboxylic acids is 1. The van der Waals surface area contributed by atoms with E-state index in [-0.39, 0.29) is 10.0 Å². The zero-order valence-corrected chi connectivity index (χ0v) is 19.7. The zero-order chi connectivity index (χ0) is 25.2. The first-order chi connectivity index (χ1) is 16.7. The van der Waals surface area contributed by atoms with E-state index < -0.39 is 34.8 Å². The summed E-state index contributed by atoms with van der Waals surface area (Å²) in [6.45, 7) is 1.66. The summed E-state index contributed by atoms with van der Waals surface area (Å²) in [7, 11) is 0. The van der Waals surface area contributed by atoms with Crippen LogP contribution >= 0.6 is 15.9 Å². The Balaban J connectivity index is 1.58. The summed E-state index contributed by atoms with van der Waals surface area (Å²) >= 11 is 3.19. The van der Waals surface area contributed by atoms with Crippen LogP contribution in [0.3, 0.4) is 0 Å². The number of nitrogens with one attached hydrogen (secondary N) is 1. The molecular weight excluding hydrogens is 525 g/mol. The highest BCUT2D eigenvalue weighted by Crippen LogP contribution is 2.37. The minimum absolute atomic E-state index is 0.00873. The minimum atomic E-state index is -3.46. The Bertz CT molecular complexity index is 1410. The van der Waals surface area contributed by atoms with Crippen LogP contribution in [0.1, 0.15) is 45.8 Å². The highest BCUT2D eigenvalue weighted by atomic mass is 79.9. The molecule has 2 aromatic carbocycles. The number of carbonyl (C=O) groups is 1. The van der Waals surface area contributed by atoms with Crippen LogP contribution in [0.5, 0.6) is 0 Å². The quantitative estimate of drug-likeness (QED) is 0.368. The first-order valence-corrected chi connectivity index (χ1v) is 11.0. The molecule has 0 aliphatic rings. The molecule has 4 aromatic rings. The van der Waals surface area contributed by atoms with Crippen molar-refractivity contribution in [3.05, 3.63) is 105 Å². The summed E-state index contributed by atoms with van der Waals surface area (Å²) in [5.74, 6) is -3.96. The van der Waals surface area contributed by atoms with Crippen LogP contribution in [0.2, 0.25) is 0 Å². The Morgan fingerprint density at radius 1 is 1.11 bits per heavy atom. The van der Waals surface area contributed by atoms with Crippen LogP contribution in [0.25, 0.3) is 5.82 Å². The third kappa shape index (κ3) is 5.07. The van der Waals surface area contributed by atoms with Crippen LogP contribution in [0.4, 0.5) is 13.2 Å². The molecule has 1 amide bonds. The van der Waals surface area contributed by atoms with E-state index >= 15 is 8.78 Å². The van der Waals surface area contributed by atoms with E-state index in [4.69, 9.17) is 5.26 Å². The Morgan fingerprint density at radius 2 is 1.86 bits per heavy atom. The largest absolute Gasteiger partial charge is 0.342 e. The summed E-state index contributed by atoms with van der Waals surface area (Å²) in [6.07, 6.45) is 2.67. The second-order valence-corrected chi connectivity index (χ2v) is 8.47. The van der Waals surface area contributed by atoms with Crippen LogP contribution < -0.4 is 5.32 Å². The third-order valence-corrected chi connectivity index (χ3v) is 5.59. The number of aromatic nitrogens is 4. The number of alkyl halides is 2. The zero-order valence-electron chi connectivity index (χ0n) is 18.1. The van der Waals surface area contributed by atoms with Gasteiger partial charge >= 0.3 is 0 Å². The SMILES string of the molecule is C[C@H](NC(=O)c1cc(Br)cc(C(F)(F)c2ccc(F)cc2)c1)c1ncnn1-c1ccc(C#N)cn1. The topological polar surface area (TPSA) is 96.5 Å². The van der Waals surface area contributed by atoms with Gasteiger partial charge in [0, 0.05) is 27.4 Å². The maximum absolute atomic E-state index is 15.1. The number of benzene rings is 2. The van der Waals surface area contributed by atoms with Crippen LogP contribution in [0.15, 0.2) is 71.6 Å². The van der Waals surface area contributed by atoms with Gasteiger partial charge in [-0.1, -0.05) is 15.9 Å². The molecule has 0 unspecified atom stereocenters. The molecular formula is C24H16BrF3N6O. The van der Waals surface area contributed by atoms with Gasteiger partial charge in [-0.05, 0) is 61.5 Å². The Morgan fingerprint density at radius 3 is 2.51 bits per heavy atom. The first-order valence-electron chi connectivity index (χ1n) is 10.2. The van der Waals surface area contributed by atoms with Gasteiger partial charge in [-0.25, -0.2) is 14.4 Å². The fourth-order valence-corrected chi connectivity index (χ4v) is 3.87. The van der Waals surface area contributed by atoms with E-state index in [1.165, 1.54) is 29.3 Å². The van der Waals surface area contributed by atoms with E-state index in [9.17, 15) is 9.18 Å². The van der Waals surface area contributed by atoms with Gasteiger partial charge < -0.3 is 5.32 Å². The molecule has 4 rings (SSSR count). The van der Waals surface area contributed by atoms with E-state index in [0.29, 0.717) is 17.2 Å². The van der Waals surface area contributed by atoms with Crippen molar-refractivity contribution < 1.29 is 18.0 Å². The molecule has 0 radical (unpaired) electrons. The predicted molar refractivity (Wildman–Crippen MR) is 123 cm³/mol. The normalized spacial score (nSPS) is 12.1. The lowest BCUT2D eigenvalue weighted by Gasteiger charge is -2.19. The molecule has 176 valence electrons. The third-order valence-electron chi connectivity index (χ3n) is 5.13. The monoisotopic (exact) mass is 540 g/mol. The van der Waals surface area contributed by atoms with Crippen molar-refractivity contribution in [2.45, 2.75) is 18.9 Å². The summed E-state index contributed by atoms with van der Waals surface area (Å²) in [4.78, 5) is 21.3. The molecule has 35 heavy (non-hydrogen) atoms. The number of nitriles is 1. The highest BCUT2D eigenvalue weighted by molar-refractivity contribution is 9.10. The van der Waals surface area contributed by atoms with E-state index in [1.807, 2.05) is 6.07 Å². The van der Waals surface area contributed by atoms with Crippen molar-refractivity contribution in [3.63, 3.8) is 0 Å². The molecule has 0 aliphatic carbocycles. The van der Waals surface area contributed by atoms with Crippen molar-refractivity contribution in [2.75, 3.05) is 0 Å². The predicted octanol–water partition coefficient (Wildman–Crippen LogP) is 5.07. The van der Waals surface area contributed by atoms with E-state index in [2.05, 4.69) is 36.3 Å². The Kier molecular flexibility index (Phi) is 6.66. The van der Waals surface area contributed by atoms with Crippen molar-refractivity contribution in [2.24, 2.45) is 0 Å². The van der Waals surface area contributed by atoms with Crippen LogP contribution in [-0.2, 0) is 5.92 Å². The number of rotatable bonds is 6. The van der Waals surface area contributed by atoms with Crippen LogP contribution in [0, 0.1) is 17.1 Å². The van der Waals surface area contributed by atoms with Gasteiger partial charge in [0.2, 0.25) is 0 Å². The molecule has 2 heterocycles. The molecule has 1 N–H and O–H groups in total. The highest BCUT2D eigenvalue weighted by Gasteiger charge is 2.35. The first kappa shape index (κ1) is 24.1. The molecule has 2 aromatic heterocycles. The van der Waals surface area contributed by atoms with E-state index in [1.54, 1.807) is 19.1 Å². The fourth-order valence-electron chi connectivity index (χ4n) is 3.37. The van der Waals surface area contributed by atoms with Crippen molar-refractivity contribution in [1.29, 1.82) is 5.26 Å². The summed E-state index contributed by atoms with van der Waals surface area (Å²) in [5, 5.41) is 15.8. The van der Waals surface area contributed by atoms with Gasteiger partial charge in [0.1, 0.15) is 18.2 Å². The standard InChI is InChI=1S/C24H16BrF3N6O/c1-14(22-31-13-32-34(22)21-7-2-15(11-29)12-30-21)33-23(35)16-8-18(10-19(25)9-16)24(27,28)17-3-5-20(26)6-4-17/h2-10,12-14H,1H3,(H,33,35)/t14-/m0/s1. The van der Waals surface area contributed by atoms with Gasteiger partial charge in [0.15, 0.2) is 11.6 Å². The number of pyridine rings is 1. The smallest absolute Gasteiger partial charge is 0.298 e. The molecule has 0 saturated carbocycles. The van der Waals surface area contributed by atoms with Gasteiger partial charge in [-0.2, -0.15) is 23.8 Å². The van der Waals surface area contributed by atoms with Gasteiger partial charge in [-0.3, -0.25) is 4.79 Å². The van der Waals surface area contributed by atoms with Gasteiger partial charge in [-0.15, -0.1) is 0 Å².